The first-order chi connectivity index (χ1) is 8.90. The van der Waals surface area contributed by atoms with E-state index >= 15 is 0 Å². The molecule has 1 aromatic carbocycles. The summed E-state index contributed by atoms with van der Waals surface area (Å²) in [5.41, 5.74) is -0.965. The molecule has 19 heavy (non-hydrogen) atoms. The van der Waals surface area contributed by atoms with Crippen molar-refractivity contribution in [1.82, 2.24) is 4.98 Å². The Kier molecular flexibility index (Phi) is 3.96. The van der Waals surface area contributed by atoms with Gasteiger partial charge in [0.1, 0.15) is 11.5 Å². The lowest BCUT2D eigenvalue weighted by Crippen LogP contribution is -2.04. The molecule has 0 saturated heterocycles. The molecule has 100 valence electrons. The van der Waals surface area contributed by atoms with Crippen LogP contribution in [0.1, 0.15) is 0 Å². The minimum atomic E-state index is -1.54. The number of rotatable bonds is 2. The zero-order chi connectivity index (χ0) is 14.2. The fourth-order valence-corrected chi connectivity index (χ4v) is 2.05. The number of nitrogens with zero attached hydrogens (tertiary/aromatic N) is 1. The molecular weight excluding hydrogens is 351 g/mol. The van der Waals surface area contributed by atoms with Crippen molar-refractivity contribution >= 4 is 39.0 Å². The van der Waals surface area contributed by atoms with E-state index in [9.17, 15) is 17.6 Å². The summed E-state index contributed by atoms with van der Waals surface area (Å²) in [5, 5.41) is 2.45. The van der Waals surface area contributed by atoms with Gasteiger partial charge >= 0.3 is 0 Å². The molecule has 0 bridgehead atoms. The van der Waals surface area contributed by atoms with Crippen LogP contribution in [0.2, 0.25) is 5.02 Å². The van der Waals surface area contributed by atoms with E-state index in [1.165, 1.54) is 12.3 Å². The van der Waals surface area contributed by atoms with Crippen molar-refractivity contribution in [1.29, 1.82) is 0 Å². The maximum absolute atomic E-state index is 13.4. The largest absolute Gasteiger partial charge is 0.334 e. The standard InChI is InChI=1S/C11H4BrClF4N2/c12-5-1-4(13)3-18-11(5)19-10-8(16)6(14)2-7(15)9(10)17/h1-3H,(H,18,19). The molecule has 1 aromatic heterocycles. The molecule has 2 rings (SSSR count). The maximum atomic E-state index is 13.4. The summed E-state index contributed by atoms with van der Waals surface area (Å²) >= 11 is 8.69. The lowest BCUT2D eigenvalue weighted by molar-refractivity contribution is 0.459. The number of halogens is 6. The van der Waals surface area contributed by atoms with Crippen molar-refractivity contribution in [3.63, 3.8) is 0 Å². The van der Waals surface area contributed by atoms with Crippen LogP contribution in [0.5, 0.6) is 0 Å². The first kappa shape index (κ1) is 14.1. The van der Waals surface area contributed by atoms with Crippen molar-refractivity contribution in [3.8, 4) is 0 Å². The van der Waals surface area contributed by atoms with Gasteiger partial charge in [0.05, 0.1) is 9.50 Å². The molecule has 0 aliphatic heterocycles. The molecule has 2 nitrogen and oxygen atoms in total. The number of hydrogen-bond acceptors (Lipinski definition) is 2. The van der Waals surface area contributed by atoms with Gasteiger partial charge in [0.25, 0.3) is 0 Å². The molecule has 0 aliphatic carbocycles. The average Bonchev–Trinajstić information content (AvgIpc) is 2.34. The zero-order valence-electron chi connectivity index (χ0n) is 8.95. The van der Waals surface area contributed by atoms with Crippen LogP contribution in [0.25, 0.3) is 0 Å². The van der Waals surface area contributed by atoms with Crippen LogP contribution < -0.4 is 5.32 Å². The predicted molar refractivity (Wildman–Crippen MR) is 66.5 cm³/mol. The van der Waals surface area contributed by atoms with E-state index in [0.29, 0.717) is 0 Å². The van der Waals surface area contributed by atoms with Crippen molar-refractivity contribution < 1.29 is 17.6 Å². The highest BCUT2D eigenvalue weighted by Gasteiger charge is 2.20. The Morgan fingerprint density at radius 2 is 1.63 bits per heavy atom. The van der Waals surface area contributed by atoms with E-state index in [0.717, 1.165) is 0 Å². The fraction of sp³-hybridized carbons (Fsp3) is 0. The SMILES string of the molecule is Fc1cc(F)c(F)c(Nc2ncc(Cl)cc2Br)c1F. The van der Waals surface area contributed by atoms with Gasteiger partial charge in [-0.1, -0.05) is 11.6 Å². The Balaban J connectivity index is 2.49. The number of nitrogens with one attached hydrogen (secondary N) is 1. The number of pyridine rings is 1. The molecule has 0 radical (unpaired) electrons. The fourth-order valence-electron chi connectivity index (χ4n) is 1.31. The van der Waals surface area contributed by atoms with Gasteiger partial charge in [-0.2, -0.15) is 0 Å². The topological polar surface area (TPSA) is 24.9 Å². The van der Waals surface area contributed by atoms with Crippen LogP contribution in [0.4, 0.5) is 29.1 Å². The first-order valence-corrected chi connectivity index (χ1v) is 5.98. The van der Waals surface area contributed by atoms with E-state index < -0.39 is 29.0 Å². The molecule has 0 atom stereocenters. The van der Waals surface area contributed by atoms with E-state index in [4.69, 9.17) is 11.6 Å². The van der Waals surface area contributed by atoms with E-state index in [1.54, 1.807) is 0 Å². The van der Waals surface area contributed by atoms with E-state index in [1.807, 2.05) is 0 Å². The monoisotopic (exact) mass is 354 g/mol. The maximum Gasteiger partial charge on any atom is 0.185 e. The predicted octanol–water partition coefficient (Wildman–Crippen LogP) is 4.80. The number of hydrogen-bond donors (Lipinski definition) is 1. The van der Waals surface area contributed by atoms with Crippen LogP contribution in [0.3, 0.4) is 0 Å². The molecule has 1 N–H and O–H groups in total. The highest BCUT2D eigenvalue weighted by atomic mass is 79.9. The smallest absolute Gasteiger partial charge is 0.185 e. The van der Waals surface area contributed by atoms with Crippen LogP contribution >= 0.6 is 27.5 Å². The van der Waals surface area contributed by atoms with Gasteiger partial charge in [0.15, 0.2) is 23.3 Å². The summed E-state index contributed by atoms with van der Waals surface area (Å²) in [5.74, 6) is -6.13. The molecule has 0 fully saturated rings. The lowest BCUT2D eigenvalue weighted by Gasteiger charge is -2.10. The van der Waals surface area contributed by atoms with Crippen LogP contribution in [-0.2, 0) is 0 Å². The van der Waals surface area contributed by atoms with Crippen molar-refractivity contribution in [3.05, 3.63) is 51.1 Å². The van der Waals surface area contributed by atoms with E-state index in [2.05, 4.69) is 26.2 Å². The minimum absolute atomic E-state index is 0.0350. The summed E-state index contributed by atoms with van der Waals surface area (Å²) in [7, 11) is 0. The minimum Gasteiger partial charge on any atom is -0.334 e. The van der Waals surface area contributed by atoms with E-state index in [-0.39, 0.29) is 21.4 Å². The zero-order valence-corrected chi connectivity index (χ0v) is 11.3. The molecule has 0 saturated carbocycles. The lowest BCUT2D eigenvalue weighted by atomic mass is 10.2. The van der Waals surface area contributed by atoms with Crippen molar-refractivity contribution in [2.75, 3.05) is 5.32 Å². The molecule has 1 heterocycles. The van der Waals surface area contributed by atoms with Gasteiger partial charge < -0.3 is 5.32 Å². The van der Waals surface area contributed by atoms with Crippen LogP contribution in [-0.4, -0.2) is 4.98 Å². The summed E-state index contributed by atoms with van der Waals surface area (Å²) in [6.45, 7) is 0. The van der Waals surface area contributed by atoms with Crippen LogP contribution in [0.15, 0.2) is 22.8 Å². The van der Waals surface area contributed by atoms with Crippen LogP contribution in [0, 0.1) is 23.3 Å². The second kappa shape index (κ2) is 5.34. The Labute approximate surface area is 118 Å². The van der Waals surface area contributed by atoms with Crippen molar-refractivity contribution in [2.24, 2.45) is 0 Å². The number of benzene rings is 1. The second-order valence-corrected chi connectivity index (χ2v) is 4.74. The van der Waals surface area contributed by atoms with Crippen molar-refractivity contribution in [2.45, 2.75) is 0 Å². The highest BCUT2D eigenvalue weighted by Crippen LogP contribution is 2.30. The Hall–Kier alpha value is -1.34. The molecule has 0 spiro atoms. The normalized spacial score (nSPS) is 10.6. The van der Waals surface area contributed by atoms with Gasteiger partial charge in [-0.25, -0.2) is 22.5 Å². The Bertz CT molecular complexity index is 625. The third-order valence-electron chi connectivity index (χ3n) is 2.16. The van der Waals surface area contributed by atoms with Gasteiger partial charge in [0.2, 0.25) is 0 Å². The summed E-state index contributed by atoms with van der Waals surface area (Å²) in [4.78, 5) is 3.75. The van der Waals surface area contributed by atoms with Gasteiger partial charge in [-0.3, -0.25) is 0 Å². The molecule has 2 aromatic rings. The summed E-state index contributed by atoms with van der Waals surface area (Å²) in [6, 6.07) is 1.53. The molecule has 8 heteroatoms. The third-order valence-corrected chi connectivity index (χ3v) is 2.97. The highest BCUT2D eigenvalue weighted by molar-refractivity contribution is 9.10. The van der Waals surface area contributed by atoms with Gasteiger partial charge in [-0.15, -0.1) is 0 Å². The second-order valence-electron chi connectivity index (χ2n) is 3.45. The number of aromatic nitrogens is 1. The Morgan fingerprint density at radius 1 is 1.05 bits per heavy atom. The van der Waals surface area contributed by atoms with Gasteiger partial charge in [0, 0.05) is 12.3 Å². The summed E-state index contributed by atoms with van der Waals surface area (Å²) in [6.07, 6.45) is 1.21. The quantitative estimate of drug-likeness (QED) is 0.618. The third kappa shape index (κ3) is 2.82. The first-order valence-electron chi connectivity index (χ1n) is 4.81. The van der Waals surface area contributed by atoms with Gasteiger partial charge in [-0.05, 0) is 22.0 Å². The molecule has 0 aliphatic rings. The molecule has 0 amide bonds. The molecule has 0 unspecified atom stereocenters. The Morgan fingerprint density at radius 3 is 2.16 bits per heavy atom. The average molecular weight is 356 g/mol. The molecular formula is C11H4BrClF4N2. The summed E-state index contributed by atoms with van der Waals surface area (Å²) < 4.78 is 53.2. The number of anilines is 2.